The van der Waals surface area contributed by atoms with Crippen LogP contribution in [-0.4, -0.2) is 24.0 Å². The molecule has 1 amide bonds. The molecule has 1 rings (SSSR count). The van der Waals surface area contributed by atoms with Gasteiger partial charge in [0.25, 0.3) is 0 Å². The lowest BCUT2D eigenvalue weighted by molar-refractivity contribution is -0.122. The fourth-order valence-electron chi connectivity index (χ4n) is 1.95. The zero-order valence-electron chi connectivity index (χ0n) is 11.2. The number of hydrogen-bond donors (Lipinski definition) is 2. The fraction of sp³-hybridized carbons (Fsp3) is 0.692. The number of thiazole rings is 1. The number of aromatic nitrogens is 1. The van der Waals surface area contributed by atoms with E-state index in [1.165, 1.54) is 0 Å². The predicted molar refractivity (Wildman–Crippen MR) is 75.4 cm³/mol. The average molecular weight is 269 g/mol. The first-order valence-electron chi connectivity index (χ1n) is 6.47. The average Bonchev–Trinajstić information content (AvgIpc) is 2.80. The van der Waals surface area contributed by atoms with Crippen molar-refractivity contribution < 1.29 is 4.79 Å². The summed E-state index contributed by atoms with van der Waals surface area (Å²) in [6.07, 6.45) is 4.14. The van der Waals surface area contributed by atoms with Gasteiger partial charge in [0.1, 0.15) is 0 Å². The van der Waals surface area contributed by atoms with Crippen molar-refractivity contribution >= 4 is 17.2 Å². The van der Waals surface area contributed by atoms with Crippen molar-refractivity contribution in [3.8, 4) is 0 Å². The second-order valence-corrected chi connectivity index (χ2v) is 5.94. The van der Waals surface area contributed by atoms with Crippen molar-refractivity contribution in [1.29, 1.82) is 0 Å². The third-order valence-electron chi connectivity index (χ3n) is 2.76. The number of amides is 1. The maximum absolute atomic E-state index is 11.7. The summed E-state index contributed by atoms with van der Waals surface area (Å²) in [5, 5.41) is 5.94. The quantitative estimate of drug-likeness (QED) is 0.756. The number of carbonyl (C=O) groups excluding carboxylic acids is 1. The molecule has 0 radical (unpaired) electrons. The summed E-state index contributed by atoms with van der Waals surface area (Å²) in [5.41, 5.74) is 5.69. The SMILES string of the molecule is CC(C)C[C@H](CN)CC(=O)NCCc1nccs1. The normalized spacial score (nSPS) is 12.7. The van der Waals surface area contributed by atoms with Gasteiger partial charge in [0.05, 0.1) is 5.01 Å². The fourth-order valence-corrected chi connectivity index (χ4v) is 2.57. The van der Waals surface area contributed by atoms with Gasteiger partial charge in [-0.1, -0.05) is 13.8 Å². The second-order valence-electron chi connectivity index (χ2n) is 4.96. The van der Waals surface area contributed by atoms with E-state index in [0.717, 1.165) is 17.8 Å². The van der Waals surface area contributed by atoms with Crippen LogP contribution in [0.1, 0.15) is 31.7 Å². The third kappa shape index (κ3) is 6.12. The van der Waals surface area contributed by atoms with E-state index in [0.29, 0.717) is 31.3 Å². The number of rotatable bonds is 8. The molecule has 18 heavy (non-hydrogen) atoms. The van der Waals surface area contributed by atoms with Crippen LogP contribution in [0.15, 0.2) is 11.6 Å². The molecule has 1 aromatic rings. The molecule has 0 aliphatic heterocycles. The van der Waals surface area contributed by atoms with Crippen LogP contribution < -0.4 is 11.1 Å². The molecular weight excluding hydrogens is 246 g/mol. The van der Waals surface area contributed by atoms with Crippen molar-refractivity contribution in [2.75, 3.05) is 13.1 Å². The molecule has 0 aliphatic rings. The van der Waals surface area contributed by atoms with Gasteiger partial charge in [0, 0.05) is 31.0 Å². The highest BCUT2D eigenvalue weighted by atomic mass is 32.1. The molecule has 1 heterocycles. The zero-order chi connectivity index (χ0) is 13.4. The van der Waals surface area contributed by atoms with Crippen LogP contribution >= 0.6 is 11.3 Å². The lowest BCUT2D eigenvalue weighted by atomic mass is 9.94. The molecule has 1 aromatic heterocycles. The Balaban J connectivity index is 2.19. The lowest BCUT2D eigenvalue weighted by Crippen LogP contribution is -2.30. The maximum atomic E-state index is 11.7. The van der Waals surface area contributed by atoms with E-state index in [4.69, 9.17) is 5.73 Å². The Morgan fingerprint density at radius 2 is 2.33 bits per heavy atom. The molecule has 1 atom stereocenters. The number of nitrogens with two attached hydrogens (primary N) is 1. The molecule has 0 aromatic carbocycles. The van der Waals surface area contributed by atoms with E-state index in [1.54, 1.807) is 17.5 Å². The smallest absolute Gasteiger partial charge is 0.220 e. The molecule has 0 bridgehead atoms. The Bertz CT molecular complexity index is 338. The van der Waals surface area contributed by atoms with Crippen LogP contribution in [0, 0.1) is 11.8 Å². The molecule has 0 unspecified atom stereocenters. The number of nitrogens with one attached hydrogen (secondary N) is 1. The van der Waals surface area contributed by atoms with Crippen LogP contribution in [0.2, 0.25) is 0 Å². The summed E-state index contributed by atoms with van der Waals surface area (Å²) < 4.78 is 0. The van der Waals surface area contributed by atoms with Crippen LogP contribution in [0.5, 0.6) is 0 Å². The van der Waals surface area contributed by atoms with Crippen molar-refractivity contribution in [3.05, 3.63) is 16.6 Å². The molecule has 102 valence electrons. The minimum atomic E-state index is 0.0997. The van der Waals surface area contributed by atoms with E-state index < -0.39 is 0 Å². The summed E-state index contributed by atoms with van der Waals surface area (Å²) in [4.78, 5) is 15.9. The molecule has 4 nitrogen and oxygen atoms in total. The Kier molecular flexibility index (Phi) is 6.90. The highest BCUT2D eigenvalue weighted by Gasteiger charge is 2.13. The highest BCUT2D eigenvalue weighted by Crippen LogP contribution is 2.14. The van der Waals surface area contributed by atoms with Crippen LogP contribution in [-0.2, 0) is 11.2 Å². The Labute approximate surface area is 113 Å². The van der Waals surface area contributed by atoms with E-state index in [9.17, 15) is 4.79 Å². The van der Waals surface area contributed by atoms with Crippen molar-refractivity contribution in [2.24, 2.45) is 17.6 Å². The first-order valence-corrected chi connectivity index (χ1v) is 7.35. The lowest BCUT2D eigenvalue weighted by Gasteiger charge is -2.16. The van der Waals surface area contributed by atoms with Gasteiger partial charge in [-0.2, -0.15) is 0 Å². The molecular formula is C13H23N3OS. The molecule has 0 saturated carbocycles. The summed E-state index contributed by atoms with van der Waals surface area (Å²) >= 11 is 1.62. The van der Waals surface area contributed by atoms with Crippen molar-refractivity contribution in [3.63, 3.8) is 0 Å². The van der Waals surface area contributed by atoms with Gasteiger partial charge in [0.15, 0.2) is 0 Å². The molecule has 0 spiro atoms. The van der Waals surface area contributed by atoms with Gasteiger partial charge in [-0.25, -0.2) is 4.98 Å². The van der Waals surface area contributed by atoms with E-state index in [1.807, 2.05) is 5.38 Å². The van der Waals surface area contributed by atoms with Gasteiger partial charge in [-0.05, 0) is 24.8 Å². The Morgan fingerprint density at radius 3 is 2.89 bits per heavy atom. The van der Waals surface area contributed by atoms with E-state index in [2.05, 4.69) is 24.1 Å². The maximum Gasteiger partial charge on any atom is 0.220 e. The largest absolute Gasteiger partial charge is 0.356 e. The van der Waals surface area contributed by atoms with Crippen LogP contribution in [0.4, 0.5) is 0 Å². The first kappa shape index (κ1) is 15.1. The predicted octanol–water partition coefficient (Wildman–Crippen LogP) is 1.81. The topological polar surface area (TPSA) is 68.0 Å². The molecule has 0 aliphatic carbocycles. The second kappa shape index (κ2) is 8.21. The minimum Gasteiger partial charge on any atom is -0.356 e. The van der Waals surface area contributed by atoms with E-state index >= 15 is 0 Å². The summed E-state index contributed by atoms with van der Waals surface area (Å²) in [7, 11) is 0. The van der Waals surface area contributed by atoms with Crippen molar-refractivity contribution in [2.45, 2.75) is 33.1 Å². The third-order valence-corrected chi connectivity index (χ3v) is 3.60. The number of hydrogen-bond acceptors (Lipinski definition) is 4. The summed E-state index contributed by atoms with van der Waals surface area (Å²) in [6.45, 7) is 5.55. The standard InChI is InChI=1S/C13H23N3OS/c1-10(2)7-11(9-14)8-12(17)15-4-3-13-16-5-6-18-13/h5-6,10-11H,3-4,7-9,14H2,1-2H3,(H,15,17)/t11-/m0/s1. The molecule has 0 saturated heterocycles. The monoisotopic (exact) mass is 269 g/mol. The summed E-state index contributed by atoms with van der Waals surface area (Å²) in [5.74, 6) is 0.981. The Morgan fingerprint density at radius 1 is 1.56 bits per heavy atom. The highest BCUT2D eigenvalue weighted by molar-refractivity contribution is 7.09. The number of nitrogens with zero attached hydrogens (tertiary/aromatic N) is 1. The summed E-state index contributed by atoms with van der Waals surface area (Å²) in [6, 6.07) is 0. The van der Waals surface area contributed by atoms with E-state index in [-0.39, 0.29) is 5.91 Å². The Hall–Kier alpha value is -0.940. The van der Waals surface area contributed by atoms with Gasteiger partial charge in [-0.15, -0.1) is 11.3 Å². The first-order chi connectivity index (χ1) is 8.61. The molecule has 5 heteroatoms. The minimum absolute atomic E-state index is 0.0997. The van der Waals surface area contributed by atoms with Crippen LogP contribution in [0.25, 0.3) is 0 Å². The van der Waals surface area contributed by atoms with Gasteiger partial charge < -0.3 is 11.1 Å². The zero-order valence-corrected chi connectivity index (χ0v) is 12.0. The molecule has 0 fully saturated rings. The van der Waals surface area contributed by atoms with Gasteiger partial charge >= 0.3 is 0 Å². The number of carbonyl (C=O) groups is 1. The van der Waals surface area contributed by atoms with Gasteiger partial charge in [0.2, 0.25) is 5.91 Å². The van der Waals surface area contributed by atoms with Crippen molar-refractivity contribution in [1.82, 2.24) is 10.3 Å². The van der Waals surface area contributed by atoms with Gasteiger partial charge in [-0.3, -0.25) is 4.79 Å². The van der Waals surface area contributed by atoms with Crippen LogP contribution in [0.3, 0.4) is 0 Å². The molecule has 3 N–H and O–H groups in total.